The first-order chi connectivity index (χ1) is 23.0. The van der Waals surface area contributed by atoms with Gasteiger partial charge in [0.25, 0.3) is 0 Å². The number of benzene rings is 3. The number of ketones is 2. The molecule has 6 rings (SSSR count). The quantitative estimate of drug-likeness (QED) is 0.153. The molecule has 0 saturated heterocycles. The molecule has 252 valence electrons. The van der Waals surface area contributed by atoms with E-state index in [1.807, 2.05) is 24.3 Å². The Bertz CT molecular complexity index is 1770. The lowest BCUT2D eigenvalue weighted by molar-refractivity contribution is -0.119. The van der Waals surface area contributed by atoms with Crippen molar-refractivity contribution in [2.75, 3.05) is 27.4 Å². The SMILES string of the molecule is C=CCc1cc(C2C3=C(CC(C)(C)CC3=O)N(CCCOC)C3=C2C(=O)CC(C)(C)C3)cc(OC)c1OCc1cccc2ccccc12. The van der Waals surface area contributed by atoms with E-state index in [2.05, 4.69) is 75.6 Å². The number of carbonyl (C=O) groups is 2. The van der Waals surface area contributed by atoms with Crippen molar-refractivity contribution in [2.45, 2.75) is 78.7 Å². The van der Waals surface area contributed by atoms with E-state index >= 15 is 0 Å². The van der Waals surface area contributed by atoms with Crippen molar-refractivity contribution >= 4 is 22.3 Å². The van der Waals surface area contributed by atoms with Gasteiger partial charge < -0.3 is 19.1 Å². The first-order valence-electron chi connectivity index (χ1n) is 17.2. The van der Waals surface area contributed by atoms with Gasteiger partial charge in [-0.3, -0.25) is 9.59 Å². The minimum atomic E-state index is -0.467. The molecule has 1 aliphatic heterocycles. The number of carbonyl (C=O) groups excluding carboxylic acids is 2. The van der Waals surface area contributed by atoms with Crippen molar-refractivity contribution in [3.05, 3.63) is 106 Å². The highest BCUT2D eigenvalue weighted by atomic mass is 16.5. The van der Waals surface area contributed by atoms with E-state index in [4.69, 9.17) is 14.2 Å². The van der Waals surface area contributed by atoms with Crippen LogP contribution in [0.25, 0.3) is 10.8 Å². The Hall–Kier alpha value is -4.16. The van der Waals surface area contributed by atoms with Crippen LogP contribution in [0.1, 0.15) is 82.4 Å². The molecular weight excluding hydrogens is 598 g/mol. The van der Waals surface area contributed by atoms with Crippen molar-refractivity contribution in [3.63, 3.8) is 0 Å². The summed E-state index contributed by atoms with van der Waals surface area (Å²) in [4.78, 5) is 30.9. The smallest absolute Gasteiger partial charge is 0.165 e. The fraction of sp³-hybridized carbons (Fsp3) is 0.429. The highest BCUT2D eigenvalue weighted by Crippen LogP contribution is 2.55. The Labute approximate surface area is 285 Å². The number of nitrogens with zero attached hydrogens (tertiary/aromatic N) is 1. The van der Waals surface area contributed by atoms with Gasteiger partial charge in [0.1, 0.15) is 6.61 Å². The Balaban J connectivity index is 1.50. The molecule has 0 N–H and O–H groups in total. The van der Waals surface area contributed by atoms with Gasteiger partial charge in [0.15, 0.2) is 23.1 Å². The van der Waals surface area contributed by atoms with Gasteiger partial charge in [-0.05, 0) is 64.5 Å². The molecule has 3 aliphatic rings. The lowest BCUT2D eigenvalue weighted by atomic mass is 9.63. The molecule has 1 heterocycles. The van der Waals surface area contributed by atoms with Gasteiger partial charge in [-0.25, -0.2) is 0 Å². The van der Waals surface area contributed by atoms with Crippen LogP contribution < -0.4 is 9.47 Å². The summed E-state index contributed by atoms with van der Waals surface area (Å²) in [6.07, 6.45) is 5.64. The van der Waals surface area contributed by atoms with Crippen LogP contribution in [0.15, 0.2) is 89.8 Å². The summed E-state index contributed by atoms with van der Waals surface area (Å²) >= 11 is 0. The maximum absolute atomic E-state index is 14.3. The topological polar surface area (TPSA) is 65.1 Å². The maximum Gasteiger partial charge on any atom is 0.165 e. The third-order valence-electron chi connectivity index (χ3n) is 10.1. The molecule has 3 aromatic rings. The van der Waals surface area contributed by atoms with Crippen LogP contribution in [0.4, 0.5) is 0 Å². The maximum atomic E-state index is 14.3. The number of Topliss-reactive ketones (excluding diaryl/α,β-unsaturated/α-hetero) is 2. The van der Waals surface area contributed by atoms with Gasteiger partial charge in [0.05, 0.1) is 7.11 Å². The Morgan fingerprint density at radius 2 is 1.50 bits per heavy atom. The molecule has 0 aromatic heterocycles. The number of rotatable bonds is 11. The molecule has 3 aromatic carbocycles. The van der Waals surface area contributed by atoms with E-state index in [-0.39, 0.29) is 22.4 Å². The summed E-state index contributed by atoms with van der Waals surface area (Å²) in [5.74, 6) is 1.01. The van der Waals surface area contributed by atoms with Crippen LogP contribution in [0, 0.1) is 10.8 Å². The van der Waals surface area contributed by atoms with Crippen molar-refractivity contribution in [1.29, 1.82) is 0 Å². The van der Waals surface area contributed by atoms with Gasteiger partial charge >= 0.3 is 0 Å². The molecule has 0 unspecified atom stereocenters. The molecule has 0 atom stereocenters. The fourth-order valence-electron chi connectivity index (χ4n) is 8.06. The molecule has 2 aliphatic carbocycles. The lowest BCUT2D eigenvalue weighted by Gasteiger charge is -2.49. The number of methoxy groups -OCH3 is 2. The van der Waals surface area contributed by atoms with Gasteiger partial charge in [0.2, 0.25) is 0 Å². The zero-order valence-electron chi connectivity index (χ0n) is 29.4. The second-order valence-corrected chi connectivity index (χ2v) is 15.2. The van der Waals surface area contributed by atoms with Gasteiger partial charge in [-0.2, -0.15) is 0 Å². The molecule has 0 fully saturated rings. The van der Waals surface area contributed by atoms with E-state index < -0.39 is 5.92 Å². The number of fused-ring (bicyclic) bond motifs is 1. The second-order valence-electron chi connectivity index (χ2n) is 15.2. The van der Waals surface area contributed by atoms with Gasteiger partial charge in [-0.1, -0.05) is 82.3 Å². The standard InChI is InChI=1S/C42H49NO5/c1-8-13-28-20-30(21-36(47-7)40(28)48-26-29-16-11-15-27-14-9-10-17-31(27)29)37-38-32(22-41(2,3)24-34(38)44)43(18-12-19-46-6)33-23-42(4,5)25-35(45)39(33)37/h8-11,14-17,20-21,37H,1,12-13,18-19,22-26H2,2-7H3. The van der Waals surface area contributed by atoms with Gasteiger partial charge in [-0.15, -0.1) is 6.58 Å². The third-order valence-corrected chi connectivity index (χ3v) is 10.1. The number of hydrogen-bond donors (Lipinski definition) is 0. The average molecular weight is 648 g/mol. The first-order valence-corrected chi connectivity index (χ1v) is 17.2. The molecule has 0 saturated carbocycles. The number of allylic oxidation sites excluding steroid dienone is 5. The highest BCUT2D eigenvalue weighted by Gasteiger charge is 2.49. The zero-order valence-corrected chi connectivity index (χ0v) is 29.4. The predicted molar refractivity (Wildman–Crippen MR) is 191 cm³/mol. The fourth-order valence-corrected chi connectivity index (χ4v) is 8.06. The molecule has 0 spiro atoms. The third kappa shape index (κ3) is 6.47. The van der Waals surface area contributed by atoms with E-state index in [0.717, 1.165) is 69.3 Å². The second kappa shape index (κ2) is 13.4. The number of hydrogen-bond acceptors (Lipinski definition) is 6. The Morgan fingerprint density at radius 1 is 0.854 bits per heavy atom. The molecular formula is C42H49NO5. The summed E-state index contributed by atoms with van der Waals surface area (Å²) in [7, 11) is 3.36. The monoisotopic (exact) mass is 647 g/mol. The minimum absolute atomic E-state index is 0.118. The highest BCUT2D eigenvalue weighted by molar-refractivity contribution is 6.07. The normalized spacial score (nSPS) is 19.0. The number of ether oxygens (including phenoxy) is 3. The van der Waals surface area contributed by atoms with Crippen molar-refractivity contribution in [1.82, 2.24) is 4.90 Å². The Kier molecular flexibility index (Phi) is 9.41. The van der Waals surface area contributed by atoms with Crippen LogP contribution >= 0.6 is 0 Å². The predicted octanol–water partition coefficient (Wildman–Crippen LogP) is 8.88. The van der Waals surface area contributed by atoms with Crippen molar-refractivity contribution < 1.29 is 23.8 Å². The largest absolute Gasteiger partial charge is 0.493 e. The van der Waals surface area contributed by atoms with Crippen LogP contribution in [-0.2, 0) is 27.4 Å². The van der Waals surface area contributed by atoms with Crippen molar-refractivity contribution in [3.8, 4) is 11.5 Å². The van der Waals surface area contributed by atoms with Crippen LogP contribution in [0.2, 0.25) is 0 Å². The van der Waals surface area contributed by atoms with Crippen LogP contribution in [0.5, 0.6) is 11.5 Å². The van der Waals surface area contributed by atoms with E-state index in [1.54, 1.807) is 14.2 Å². The molecule has 6 nitrogen and oxygen atoms in total. The molecule has 48 heavy (non-hydrogen) atoms. The first kappa shape index (κ1) is 33.7. The summed E-state index contributed by atoms with van der Waals surface area (Å²) < 4.78 is 18.0. The molecule has 0 bridgehead atoms. The minimum Gasteiger partial charge on any atom is -0.493 e. The molecule has 0 amide bonds. The van der Waals surface area contributed by atoms with Crippen molar-refractivity contribution in [2.24, 2.45) is 10.8 Å². The van der Waals surface area contributed by atoms with E-state index in [0.29, 0.717) is 50.5 Å². The average Bonchev–Trinajstić information content (AvgIpc) is 3.03. The van der Waals surface area contributed by atoms with Crippen LogP contribution in [0.3, 0.4) is 0 Å². The van der Waals surface area contributed by atoms with Crippen LogP contribution in [-0.4, -0.2) is 43.8 Å². The summed E-state index contributed by atoms with van der Waals surface area (Å²) in [6, 6.07) is 18.7. The zero-order chi connectivity index (χ0) is 34.2. The lowest BCUT2D eigenvalue weighted by Crippen LogP contribution is -2.44. The summed E-state index contributed by atoms with van der Waals surface area (Å²) in [5.41, 5.74) is 6.15. The summed E-state index contributed by atoms with van der Waals surface area (Å²) in [5, 5.41) is 2.31. The van der Waals surface area contributed by atoms with E-state index in [1.165, 1.54) is 0 Å². The van der Waals surface area contributed by atoms with Gasteiger partial charge in [0, 0.05) is 67.1 Å². The summed E-state index contributed by atoms with van der Waals surface area (Å²) in [6.45, 7) is 14.4. The molecule has 0 radical (unpaired) electrons. The Morgan fingerprint density at radius 3 is 2.12 bits per heavy atom. The van der Waals surface area contributed by atoms with E-state index in [9.17, 15) is 9.59 Å². The molecule has 6 heteroatoms.